The first-order chi connectivity index (χ1) is 7.64. The number of rotatable bonds is 3. The zero-order valence-electron chi connectivity index (χ0n) is 8.13. The molecule has 96 valence electrons. The number of aromatic nitrogens is 2. The fraction of sp³-hybridized carbons (Fsp3) is 0.429. The number of halogens is 5. The van der Waals surface area contributed by atoms with Crippen molar-refractivity contribution in [2.75, 3.05) is 0 Å². The van der Waals surface area contributed by atoms with Gasteiger partial charge in [-0.05, 0) is 11.6 Å². The molecule has 17 heavy (non-hydrogen) atoms. The van der Waals surface area contributed by atoms with Crippen molar-refractivity contribution < 1.29 is 32.2 Å². The van der Waals surface area contributed by atoms with Gasteiger partial charge in [0, 0.05) is 7.05 Å². The van der Waals surface area contributed by atoms with E-state index in [9.17, 15) is 22.4 Å². The number of alkyl halides is 5. The van der Waals surface area contributed by atoms with Crippen LogP contribution >= 0.6 is 11.6 Å². The molecule has 0 bridgehead atoms. The van der Waals surface area contributed by atoms with E-state index >= 15 is 0 Å². The largest absolute Gasteiger partial charge is 0.511 e. The van der Waals surface area contributed by atoms with Gasteiger partial charge >= 0.3 is 11.5 Å². The van der Waals surface area contributed by atoms with Crippen molar-refractivity contribution in [2.24, 2.45) is 7.05 Å². The first-order valence-corrected chi connectivity index (χ1v) is 4.35. The number of aryl methyl sites for hydroxylation is 1. The average molecular weight is 277 g/mol. The maximum absolute atomic E-state index is 12.9. The van der Waals surface area contributed by atoms with Gasteiger partial charge in [-0.25, -0.2) is 13.6 Å². The summed E-state index contributed by atoms with van der Waals surface area (Å²) in [6, 6.07) is 0. The third-order valence-electron chi connectivity index (χ3n) is 1.69. The predicted octanol–water partition coefficient (Wildman–Crippen LogP) is 2.70. The van der Waals surface area contributed by atoms with Gasteiger partial charge in [-0.15, -0.1) is 0 Å². The Kier molecular flexibility index (Phi) is 3.51. The fourth-order valence-corrected chi connectivity index (χ4v) is 1.38. The zero-order chi connectivity index (χ0) is 13.4. The SMILES string of the molecule is Cn1nc(C(F)F)c(OC(=O)O)c1C(F)(F)Cl. The summed E-state index contributed by atoms with van der Waals surface area (Å²) in [5.41, 5.74) is -2.47. The molecule has 0 spiro atoms. The monoisotopic (exact) mass is 276 g/mol. The molecule has 0 saturated carbocycles. The molecule has 0 aliphatic rings. The molecule has 0 atom stereocenters. The maximum atomic E-state index is 12.9. The van der Waals surface area contributed by atoms with Crippen molar-refractivity contribution in [1.82, 2.24) is 9.78 Å². The number of ether oxygens (including phenoxy) is 1. The Hall–Kier alpha value is -1.51. The highest BCUT2D eigenvalue weighted by molar-refractivity contribution is 6.21. The van der Waals surface area contributed by atoms with Gasteiger partial charge in [-0.3, -0.25) is 4.68 Å². The average Bonchev–Trinajstić information content (AvgIpc) is 2.40. The molecular formula is C7H5ClF4N2O3. The lowest BCUT2D eigenvalue weighted by Crippen LogP contribution is -2.14. The minimum Gasteiger partial charge on any atom is -0.449 e. The number of carboxylic acid groups (broad SMARTS) is 1. The Morgan fingerprint density at radius 1 is 1.59 bits per heavy atom. The molecule has 0 fully saturated rings. The van der Waals surface area contributed by atoms with Gasteiger partial charge in [-0.1, -0.05) is 0 Å². The highest BCUT2D eigenvalue weighted by Gasteiger charge is 2.40. The number of hydrogen-bond acceptors (Lipinski definition) is 3. The van der Waals surface area contributed by atoms with Crippen LogP contribution in [-0.2, 0) is 12.4 Å². The van der Waals surface area contributed by atoms with Gasteiger partial charge in [0.1, 0.15) is 0 Å². The molecule has 1 rings (SSSR count). The first kappa shape index (κ1) is 13.6. The molecule has 0 aliphatic carbocycles. The van der Waals surface area contributed by atoms with Crippen molar-refractivity contribution in [3.05, 3.63) is 11.4 Å². The van der Waals surface area contributed by atoms with E-state index in [2.05, 4.69) is 21.4 Å². The minimum absolute atomic E-state index is 0.340. The maximum Gasteiger partial charge on any atom is 0.511 e. The van der Waals surface area contributed by atoms with Crippen molar-refractivity contribution >= 4 is 17.8 Å². The topological polar surface area (TPSA) is 64.4 Å². The van der Waals surface area contributed by atoms with Gasteiger partial charge < -0.3 is 9.84 Å². The van der Waals surface area contributed by atoms with E-state index in [0.29, 0.717) is 4.68 Å². The molecule has 1 aromatic rings. The van der Waals surface area contributed by atoms with Crippen LogP contribution in [0.5, 0.6) is 5.75 Å². The van der Waals surface area contributed by atoms with Gasteiger partial charge in [0.2, 0.25) is 0 Å². The summed E-state index contributed by atoms with van der Waals surface area (Å²) in [6.07, 6.45) is -5.30. The van der Waals surface area contributed by atoms with E-state index in [0.717, 1.165) is 7.05 Å². The highest BCUT2D eigenvalue weighted by Crippen LogP contribution is 2.42. The van der Waals surface area contributed by atoms with Crippen LogP contribution in [0.3, 0.4) is 0 Å². The lowest BCUT2D eigenvalue weighted by molar-refractivity contribution is 0.0800. The van der Waals surface area contributed by atoms with Crippen LogP contribution in [0.2, 0.25) is 0 Å². The van der Waals surface area contributed by atoms with E-state index in [1.807, 2.05) is 0 Å². The first-order valence-electron chi connectivity index (χ1n) is 3.97. The quantitative estimate of drug-likeness (QED) is 0.524. The highest BCUT2D eigenvalue weighted by atomic mass is 35.5. The third kappa shape index (κ3) is 2.78. The molecule has 1 N–H and O–H groups in total. The van der Waals surface area contributed by atoms with Gasteiger partial charge in [0.15, 0.2) is 17.1 Å². The Labute approximate surface area is 96.5 Å². The van der Waals surface area contributed by atoms with Crippen molar-refractivity contribution in [3.8, 4) is 5.75 Å². The summed E-state index contributed by atoms with van der Waals surface area (Å²) in [4.78, 5) is 10.2. The fourth-order valence-electron chi connectivity index (χ4n) is 1.17. The Bertz CT molecular complexity index is 443. The van der Waals surface area contributed by atoms with Crippen LogP contribution in [-0.4, -0.2) is 21.0 Å². The summed E-state index contributed by atoms with van der Waals surface area (Å²) in [5.74, 6) is -1.25. The lowest BCUT2D eigenvalue weighted by Gasteiger charge is -2.10. The van der Waals surface area contributed by atoms with E-state index in [1.165, 1.54) is 0 Å². The number of hydrogen-bond donors (Lipinski definition) is 1. The second-order valence-electron chi connectivity index (χ2n) is 2.85. The molecule has 10 heteroatoms. The van der Waals surface area contributed by atoms with E-state index in [1.54, 1.807) is 0 Å². The summed E-state index contributed by atoms with van der Waals surface area (Å²) < 4.78 is 54.8. The Balaban J connectivity index is 3.42. The van der Waals surface area contributed by atoms with Crippen LogP contribution in [0.15, 0.2) is 0 Å². The molecule has 0 radical (unpaired) electrons. The van der Waals surface area contributed by atoms with Crippen molar-refractivity contribution in [2.45, 2.75) is 11.8 Å². The van der Waals surface area contributed by atoms with E-state index in [4.69, 9.17) is 5.11 Å². The smallest absolute Gasteiger partial charge is 0.449 e. The molecule has 0 aromatic carbocycles. The van der Waals surface area contributed by atoms with Crippen molar-refractivity contribution in [1.29, 1.82) is 0 Å². The van der Waals surface area contributed by atoms with E-state index < -0.39 is 35.1 Å². The van der Waals surface area contributed by atoms with Crippen LogP contribution in [0.1, 0.15) is 17.8 Å². The molecular weight excluding hydrogens is 272 g/mol. The molecule has 1 heterocycles. The van der Waals surface area contributed by atoms with E-state index in [-0.39, 0.29) is 0 Å². The van der Waals surface area contributed by atoms with Gasteiger partial charge in [0.25, 0.3) is 6.43 Å². The second-order valence-corrected chi connectivity index (χ2v) is 3.33. The summed E-state index contributed by atoms with van der Waals surface area (Å²) in [6.45, 7) is 0. The predicted molar refractivity (Wildman–Crippen MR) is 46.6 cm³/mol. The molecule has 5 nitrogen and oxygen atoms in total. The second kappa shape index (κ2) is 4.40. The summed E-state index contributed by atoms with van der Waals surface area (Å²) in [7, 11) is 0.909. The third-order valence-corrected chi connectivity index (χ3v) is 1.87. The van der Waals surface area contributed by atoms with Crippen LogP contribution in [0.25, 0.3) is 0 Å². The van der Waals surface area contributed by atoms with Gasteiger partial charge in [-0.2, -0.15) is 13.9 Å². The molecule has 0 amide bonds. The summed E-state index contributed by atoms with van der Waals surface area (Å²) in [5, 5.41) is 7.24. The van der Waals surface area contributed by atoms with Crippen LogP contribution in [0, 0.1) is 0 Å². The summed E-state index contributed by atoms with van der Waals surface area (Å²) >= 11 is 4.66. The van der Waals surface area contributed by atoms with Crippen LogP contribution < -0.4 is 4.74 Å². The Morgan fingerprint density at radius 3 is 2.47 bits per heavy atom. The Morgan fingerprint density at radius 2 is 2.12 bits per heavy atom. The minimum atomic E-state index is -4.08. The number of nitrogens with zero attached hydrogens (tertiary/aromatic N) is 2. The normalized spacial score (nSPS) is 11.9. The van der Waals surface area contributed by atoms with Crippen LogP contribution in [0.4, 0.5) is 22.4 Å². The number of carbonyl (C=O) groups is 1. The molecule has 0 saturated heterocycles. The zero-order valence-corrected chi connectivity index (χ0v) is 8.88. The molecule has 0 unspecified atom stereocenters. The standard InChI is InChI=1S/C7H5ClF4N2O3/c1-14-4(7(8,11)12)3(17-6(15)16)2(13-14)5(9)10/h5H,1H3,(H,15,16). The molecule has 1 aromatic heterocycles. The lowest BCUT2D eigenvalue weighted by atomic mass is 10.3. The van der Waals surface area contributed by atoms with Gasteiger partial charge in [0.05, 0.1) is 0 Å². The van der Waals surface area contributed by atoms with Crippen molar-refractivity contribution in [3.63, 3.8) is 0 Å². The molecule has 0 aliphatic heterocycles.